The van der Waals surface area contributed by atoms with Gasteiger partial charge in [0.2, 0.25) is 0 Å². The highest BCUT2D eigenvalue weighted by Crippen LogP contribution is 2.35. The molecule has 110 valence electrons. The molecule has 0 saturated heterocycles. The average Bonchev–Trinajstić information content (AvgIpc) is 2.36. The van der Waals surface area contributed by atoms with Crippen molar-refractivity contribution in [1.29, 1.82) is 0 Å². The Morgan fingerprint density at radius 1 is 1.50 bits per heavy atom. The Hall–Kier alpha value is -1.13. The SMILES string of the molecule is CC1(C)CCCC(NCc2ccc(Cl)c([N+](=O)[O-])c2)C1. The maximum absolute atomic E-state index is 10.9. The van der Waals surface area contributed by atoms with Crippen LogP contribution < -0.4 is 5.32 Å². The minimum atomic E-state index is -0.435. The van der Waals surface area contributed by atoms with Crippen LogP contribution in [0.4, 0.5) is 5.69 Å². The van der Waals surface area contributed by atoms with E-state index in [-0.39, 0.29) is 10.7 Å². The average molecular weight is 297 g/mol. The van der Waals surface area contributed by atoms with Gasteiger partial charge in [-0.1, -0.05) is 37.9 Å². The summed E-state index contributed by atoms with van der Waals surface area (Å²) in [4.78, 5) is 10.4. The number of nitro benzene ring substituents is 1. The number of rotatable bonds is 4. The molecule has 1 fully saturated rings. The van der Waals surface area contributed by atoms with Gasteiger partial charge < -0.3 is 5.32 Å². The van der Waals surface area contributed by atoms with Gasteiger partial charge in [0.05, 0.1) is 4.92 Å². The van der Waals surface area contributed by atoms with Crippen LogP contribution >= 0.6 is 11.6 Å². The maximum Gasteiger partial charge on any atom is 0.288 e. The molecule has 1 atom stereocenters. The molecule has 20 heavy (non-hydrogen) atoms. The first kappa shape index (κ1) is 15.3. The lowest BCUT2D eigenvalue weighted by molar-refractivity contribution is -0.384. The smallest absolute Gasteiger partial charge is 0.288 e. The summed E-state index contributed by atoms with van der Waals surface area (Å²) in [5, 5.41) is 14.6. The molecule has 0 aromatic heterocycles. The first-order valence-corrected chi connectivity index (χ1v) is 7.41. The quantitative estimate of drug-likeness (QED) is 0.665. The fraction of sp³-hybridized carbons (Fsp3) is 0.600. The van der Waals surface area contributed by atoms with Crippen LogP contribution in [0.1, 0.15) is 45.1 Å². The van der Waals surface area contributed by atoms with Gasteiger partial charge in [0, 0.05) is 18.7 Å². The van der Waals surface area contributed by atoms with Gasteiger partial charge in [-0.2, -0.15) is 0 Å². The molecule has 1 aromatic carbocycles. The second-order valence-electron chi connectivity index (χ2n) is 6.38. The zero-order valence-corrected chi connectivity index (χ0v) is 12.7. The molecule has 4 nitrogen and oxygen atoms in total. The van der Waals surface area contributed by atoms with Gasteiger partial charge in [0.15, 0.2) is 0 Å². The second kappa shape index (κ2) is 6.10. The van der Waals surface area contributed by atoms with Gasteiger partial charge in [-0.05, 0) is 36.3 Å². The number of nitrogens with one attached hydrogen (secondary N) is 1. The highest BCUT2D eigenvalue weighted by Gasteiger charge is 2.27. The van der Waals surface area contributed by atoms with Crippen LogP contribution in [0.15, 0.2) is 18.2 Å². The molecule has 0 amide bonds. The third-order valence-corrected chi connectivity index (χ3v) is 4.33. The van der Waals surface area contributed by atoms with Crippen LogP contribution in [0.25, 0.3) is 0 Å². The third kappa shape index (κ3) is 3.93. The topological polar surface area (TPSA) is 55.2 Å². The molecule has 1 saturated carbocycles. The number of benzene rings is 1. The van der Waals surface area contributed by atoms with Crippen molar-refractivity contribution >= 4 is 17.3 Å². The molecular weight excluding hydrogens is 276 g/mol. The Morgan fingerprint density at radius 3 is 2.90 bits per heavy atom. The molecular formula is C15H21ClN2O2. The van der Waals surface area contributed by atoms with Crippen LogP contribution in [-0.2, 0) is 6.54 Å². The van der Waals surface area contributed by atoms with Gasteiger partial charge in [-0.15, -0.1) is 0 Å². The van der Waals surface area contributed by atoms with Gasteiger partial charge in [0.25, 0.3) is 5.69 Å². The predicted octanol–water partition coefficient (Wildman–Crippen LogP) is 4.31. The Bertz CT molecular complexity index is 503. The van der Waals surface area contributed by atoms with Crippen molar-refractivity contribution in [2.75, 3.05) is 0 Å². The summed E-state index contributed by atoms with van der Waals surface area (Å²) in [6.45, 7) is 5.25. The van der Waals surface area contributed by atoms with E-state index in [0.29, 0.717) is 18.0 Å². The van der Waals surface area contributed by atoms with E-state index in [2.05, 4.69) is 19.2 Å². The van der Waals surface area contributed by atoms with Crippen molar-refractivity contribution < 1.29 is 4.92 Å². The van der Waals surface area contributed by atoms with E-state index < -0.39 is 4.92 Å². The van der Waals surface area contributed by atoms with Gasteiger partial charge in [-0.3, -0.25) is 10.1 Å². The lowest BCUT2D eigenvalue weighted by Crippen LogP contribution is -2.36. The van der Waals surface area contributed by atoms with E-state index in [9.17, 15) is 10.1 Å². The molecule has 0 spiro atoms. The van der Waals surface area contributed by atoms with Crippen molar-refractivity contribution in [1.82, 2.24) is 5.32 Å². The zero-order chi connectivity index (χ0) is 14.8. The van der Waals surface area contributed by atoms with Crippen molar-refractivity contribution in [3.05, 3.63) is 38.9 Å². The Balaban J connectivity index is 1.97. The molecule has 0 radical (unpaired) electrons. The molecule has 0 bridgehead atoms. The molecule has 1 N–H and O–H groups in total. The summed E-state index contributed by atoms with van der Waals surface area (Å²) >= 11 is 5.82. The van der Waals surface area contributed by atoms with E-state index in [0.717, 1.165) is 12.0 Å². The third-order valence-electron chi connectivity index (χ3n) is 4.01. The number of nitro groups is 1. The summed E-state index contributed by atoms with van der Waals surface area (Å²) in [6, 6.07) is 5.50. The van der Waals surface area contributed by atoms with Gasteiger partial charge in [-0.25, -0.2) is 0 Å². The molecule has 1 unspecified atom stereocenters. The molecule has 1 aliphatic carbocycles. The molecule has 5 heteroatoms. The summed E-state index contributed by atoms with van der Waals surface area (Å²) in [7, 11) is 0. The predicted molar refractivity (Wildman–Crippen MR) is 81.0 cm³/mol. The summed E-state index contributed by atoms with van der Waals surface area (Å²) in [6.07, 6.45) is 4.85. The van der Waals surface area contributed by atoms with E-state index in [1.54, 1.807) is 12.1 Å². The fourth-order valence-corrected chi connectivity index (χ4v) is 3.13. The molecule has 1 aliphatic rings. The van der Waals surface area contributed by atoms with Crippen LogP contribution in [0, 0.1) is 15.5 Å². The van der Waals surface area contributed by atoms with Crippen molar-refractivity contribution in [2.24, 2.45) is 5.41 Å². The summed E-state index contributed by atoms with van der Waals surface area (Å²) in [5.41, 5.74) is 1.28. The minimum absolute atomic E-state index is 0.0186. The lowest BCUT2D eigenvalue weighted by atomic mass is 9.75. The number of hydrogen-bond donors (Lipinski definition) is 1. The lowest BCUT2D eigenvalue weighted by Gasteiger charge is -2.35. The van der Waals surface area contributed by atoms with Gasteiger partial charge >= 0.3 is 0 Å². The van der Waals surface area contributed by atoms with Crippen molar-refractivity contribution in [3.8, 4) is 0 Å². The second-order valence-corrected chi connectivity index (χ2v) is 6.79. The summed E-state index contributed by atoms with van der Waals surface area (Å²) < 4.78 is 0. The highest BCUT2D eigenvalue weighted by molar-refractivity contribution is 6.32. The number of hydrogen-bond acceptors (Lipinski definition) is 3. The van der Waals surface area contributed by atoms with E-state index in [4.69, 9.17) is 11.6 Å². The molecule has 0 heterocycles. The maximum atomic E-state index is 10.9. The van der Waals surface area contributed by atoms with Gasteiger partial charge in [0.1, 0.15) is 5.02 Å². The van der Waals surface area contributed by atoms with E-state index in [1.807, 2.05) is 6.07 Å². The van der Waals surface area contributed by atoms with Crippen LogP contribution in [-0.4, -0.2) is 11.0 Å². The van der Waals surface area contributed by atoms with E-state index in [1.165, 1.54) is 19.3 Å². The summed E-state index contributed by atoms with van der Waals surface area (Å²) in [5.74, 6) is 0. The normalized spacial score (nSPS) is 21.6. The standard InChI is InChI=1S/C15H21ClN2O2/c1-15(2)7-3-4-12(9-15)17-10-11-5-6-13(16)14(8-11)18(19)20/h5-6,8,12,17H,3-4,7,9-10H2,1-2H3. The van der Waals surface area contributed by atoms with Crippen molar-refractivity contribution in [3.63, 3.8) is 0 Å². The Morgan fingerprint density at radius 2 is 2.25 bits per heavy atom. The van der Waals surface area contributed by atoms with E-state index >= 15 is 0 Å². The Labute approximate surface area is 124 Å². The van der Waals surface area contributed by atoms with Crippen LogP contribution in [0.3, 0.4) is 0 Å². The van der Waals surface area contributed by atoms with Crippen LogP contribution in [0.5, 0.6) is 0 Å². The molecule has 2 rings (SSSR count). The highest BCUT2D eigenvalue weighted by atomic mass is 35.5. The zero-order valence-electron chi connectivity index (χ0n) is 12.0. The monoisotopic (exact) mass is 296 g/mol. The largest absolute Gasteiger partial charge is 0.310 e. The minimum Gasteiger partial charge on any atom is -0.310 e. The number of nitrogens with zero attached hydrogens (tertiary/aromatic N) is 1. The molecule has 0 aliphatic heterocycles. The first-order chi connectivity index (χ1) is 9.37. The number of halogens is 1. The van der Waals surface area contributed by atoms with Crippen molar-refractivity contribution in [2.45, 2.75) is 52.1 Å². The first-order valence-electron chi connectivity index (χ1n) is 7.04. The Kier molecular flexibility index (Phi) is 4.66. The molecule has 1 aromatic rings. The fourth-order valence-electron chi connectivity index (χ4n) is 2.94. The van der Waals surface area contributed by atoms with Crippen LogP contribution in [0.2, 0.25) is 5.02 Å².